The lowest BCUT2D eigenvalue weighted by Crippen LogP contribution is -2.38. The predicted octanol–water partition coefficient (Wildman–Crippen LogP) is -0.107. The number of aromatic amines is 1. The molecule has 18 heavy (non-hydrogen) atoms. The molecule has 1 aromatic heterocycles. The van der Waals surface area contributed by atoms with E-state index in [0.717, 1.165) is 25.9 Å². The molecule has 0 aromatic carbocycles. The van der Waals surface area contributed by atoms with Crippen LogP contribution in [0.1, 0.15) is 25.3 Å². The van der Waals surface area contributed by atoms with Crippen molar-refractivity contribution < 1.29 is 0 Å². The minimum Gasteiger partial charge on any atom is -0.299 e. The average Bonchev–Trinajstić information content (AvgIpc) is 2.79. The molecule has 0 spiro atoms. The number of H-pyrrole nitrogens is 1. The van der Waals surface area contributed by atoms with Gasteiger partial charge in [0.05, 0.1) is 0 Å². The quantitative estimate of drug-likeness (QED) is 0.809. The highest BCUT2D eigenvalue weighted by Gasteiger charge is 2.23. The lowest BCUT2D eigenvalue weighted by atomic mass is 10.2. The van der Waals surface area contributed by atoms with E-state index in [-0.39, 0.29) is 5.56 Å². The maximum absolute atomic E-state index is 11.7. The molecule has 1 unspecified atom stereocenters. The molecule has 96 valence electrons. The van der Waals surface area contributed by atoms with E-state index in [1.807, 2.05) is 0 Å². The summed E-state index contributed by atoms with van der Waals surface area (Å²) in [6, 6.07) is 2.11. The van der Waals surface area contributed by atoms with E-state index >= 15 is 0 Å². The van der Waals surface area contributed by atoms with E-state index in [2.05, 4.69) is 16.8 Å². The van der Waals surface area contributed by atoms with Gasteiger partial charge in [0.1, 0.15) is 11.6 Å². The highest BCUT2D eigenvalue weighted by atomic mass is 16.2. The second kappa shape index (κ2) is 5.19. The van der Waals surface area contributed by atoms with Gasteiger partial charge in [-0.1, -0.05) is 6.92 Å². The molecule has 0 amide bonds. The third-order valence-corrected chi connectivity index (χ3v) is 3.44. The summed E-state index contributed by atoms with van der Waals surface area (Å²) in [4.78, 5) is 27.4. The fraction of sp³-hybridized carbons (Fsp3) is 0.583. The van der Waals surface area contributed by atoms with Gasteiger partial charge in [-0.3, -0.25) is 19.2 Å². The summed E-state index contributed by atoms with van der Waals surface area (Å²) in [6.07, 6.45) is 3.52. The zero-order chi connectivity index (χ0) is 13.1. The molecule has 6 nitrogen and oxygen atoms in total. The van der Waals surface area contributed by atoms with E-state index in [1.165, 1.54) is 10.8 Å². The standard InChI is InChI=1S/C12H16N4O2/c1-2-15-5-3-4-10(15)8-16-7-9(6-13)11(17)14-12(16)18/h7,10H,2-5,8H2,1H3,(H,14,17,18). The average molecular weight is 248 g/mol. The number of nitrogens with zero attached hydrogens (tertiary/aromatic N) is 3. The van der Waals surface area contributed by atoms with E-state index in [9.17, 15) is 9.59 Å². The molecule has 1 fully saturated rings. The zero-order valence-electron chi connectivity index (χ0n) is 10.3. The molecular formula is C12H16N4O2. The summed E-state index contributed by atoms with van der Waals surface area (Å²) in [6.45, 7) is 4.62. The predicted molar refractivity (Wildman–Crippen MR) is 66.3 cm³/mol. The fourth-order valence-corrected chi connectivity index (χ4v) is 2.47. The number of nitriles is 1. The number of hydrogen-bond acceptors (Lipinski definition) is 4. The first-order chi connectivity index (χ1) is 8.65. The van der Waals surface area contributed by atoms with Gasteiger partial charge in [-0.2, -0.15) is 5.26 Å². The molecule has 6 heteroatoms. The molecule has 0 bridgehead atoms. The lowest BCUT2D eigenvalue weighted by molar-refractivity contribution is 0.241. The fourth-order valence-electron chi connectivity index (χ4n) is 2.47. The van der Waals surface area contributed by atoms with Crippen LogP contribution in [0.3, 0.4) is 0 Å². The van der Waals surface area contributed by atoms with Gasteiger partial charge in [-0.25, -0.2) is 4.79 Å². The van der Waals surface area contributed by atoms with E-state index in [4.69, 9.17) is 5.26 Å². The highest BCUT2D eigenvalue weighted by molar-refractivity contribution is 5.21. The molecule has 1 aliphatic heterocycles. The van der Waals surface area contributed by atoms with Gasteiger partial charge in [0.25, 0.3) is 5.56 Å². The van der Waals surface area contributed by atoms with Crippen LogP contribution in [0.15, 0.2) is 15.8 Å². The molecule has 1 atom stereocenters. The van der Waals surface area contributed by atoms with E-state index < -0.39 is 11.2 Å². The van der Waals surface area contributed by atoms with Crippen LogP contribution in [0.25, 0.3) is 0 Å². The molecule has 1 aromatic rings. The Morgan fingerprint density at radius 3 is 3.00 bits per heavy atom. The Morgan fingerprint density at radius 1 is 1.56 bits per heavy atom. The maximum Gasteiger partial charge on any atom is 0.328 e. The van der Waals surface area contributed by atoms with Gasteiger partial charge < -0.3 is 0 Å². The molecule has 1 N–H and O–H groups in total. The number of hydrogen-bond donors (Lipinski definition) is 1. The molecular weight excluding hydrogens is 232 g/mol. The Morgan fingerprint density at radius 2 is 2.33 bits per heavy atom. The summed E-state index contributed by atoms with van der Waals surface area (Å²) >= 11 is 0. The van der Waals surface area contributed by atoms with Crippen LogP contribution >= 0.6 is 0 Å². The van der Waals surface area contributed by atoms with Crippen molar-refractivity contribution in [3.63, 3.8) is 0 Å². The van der Waals surface area contributed by atoms with Gasteiger partial charge in [-0.15, -0.1) is 0 Å². The molecule has 0 aliphatic carbocycles. The number of likely N-dealkylation sites (N-methyl/N-ethyl adjacent to an activating group) is 1. The Bertz CT molecular complexity index is 581. The second-order valence-electron chi connectivity index (χ2n) is 4.49. The number of aromatic nitrogens is 2. The van der Waals surface area contributed by atoms with Crippen molar-refractivity contribution in [3.05, 3.63) is 32.6 Å². The Hall–Kier alpha value is -1.87. The van der Waals surface area contributed by atoms with Crippen LogP contribution < -0.4 is 11.2 Å². The first kappa shape index (κ1) is 12.6. The first-order valence-electron chi connectivity index (χ1n) is 6.13. The number of rotatable bonds is 3. The van der Waals surface area contributed by atoms with Gasteiger partial charge in [-0.05, 0) is 25.9 Å². The van der Waals surface area contributed by atoms with Crippen molar-refractivity contribution in [3.8, 4) is 6.07 Å². The van der Waals surface area contributed by atoms with Crippen molar-refractivity contribution in [1.29, 1.82) is 5.26 Å². The van der Waals surface area contributed by atoms with E-state index in [1.54, 1.807) is 6.07 Å². The van der Waals surface area contributed by atoms with Crippen LogP contribution in [-0.2, 0) is 6.54 Å². The minimum atomic E-state index is -0.613. The largest absolute Gasteiger partial charge is 0.328 e. The van der Waals surface area contributed by atoms with Crippen molar-refractivity contribution in [2.75, 3.05) is 13.1 Å². The minimum absolute atomic E-state index is 0.0179. The van der Waals surface area contributed by atoms with Crippen molar-refractivity contribution in [2.45, 2.75) is 32.4 Å². The van der Waals surface area contributed by atoms with Crippen LogP contribution in [-0.4, -0.2) is 33.6 Å². The Kier molecular flexibility index (Phi) is 3.63. The van der Waals surface area contributed by atoms with Crippen molar-refractivity contribution in [1.82, 2.24) is 14.5 Å². The summed E-state index contributed by atoms with van der Waals surface area (Å²) in [5, 5.41) is 8.80. The topological polar surface area (TPSA) is 81.9 Å². The third kappa shape index (κ3) is 2.36. The van der Waals surface area contributed by atoms with Crippen LogP contribution in [0.5, 0.6) is 0 Å². The molecule has 2 heterocycles. The lowest BCUT2D eigenvalue weighted by Gasteiger charge is -2.23. The maximum atomic E-state index is 11.7. The van der Waals surface area contributed by atoms with Crippen molar-refractivity contribution in [2.24, 2.45) is 0 Å². The molecule has 2 rings (SSSR count). The summed E-state index contributed by atoms with van der Waals surface area (Å²) in [5.41, 5.74) is -1.07. The monoisotopic (exact) mass is 248 g/mol. The van der Waals surface area contributed by atoms with Crippen LogP contribution in [0.4, 0.5) is 0 Å². The third-order valence-electron chi connectivity index (χ3n) is 3.44. The van der Waals surface area contributed by atoms with Crippen molar-refractivity contribution >= 4 is 0 Å². The summed E-state index contributed by atoms with van der Waals surface area (Å²) < 4.78 is 1.43. The van der Waals surface area contributed by atoms with E-state index in [0.29, 0.717) is 12.6 Å². The SMILES string of the molecule is CCN1CCCC1Cn1cc(C#N)c(=O)[nH]c1=O. The van der Waals surface area contributed by atoms with Crippen LogP contribution in [0.2, 0.25) is 0 Å². The Balaban J connectivity index is 2.27. The molecule has 1 saturated heterocycles. The number of likely N-dealkylation sites (tertiary alicyclic amines) is 1. The number of nitrogens with one attached hydrogen (secondary N) is 1. The summed E-state index contributed by atoms with van der Waals surface area (Å²) in [5.74, 6) is 0. The molecule has 0 radical (unpaired) electrons. The summed E-state index contributed by atoms with van der Waals surface area (Å²) in [7, 11) is 0. The van der Waals surface area contributed by atoms with Gasteiger partial charge in [0.2, 0.25) is 0 Å². The Labute approximate surface area is 104 Å². The zero-order valence-corrected chi connectivity index (χ0v) is 10.3. The highest BCUT2D eigenvalue weighted by Crippen LogP contribution is 2.17. The normalized spacial score (nSPS) is 19.9. The smallest absolute Gasteiger partial charge is 0.299 e. The second-order valence-corrected chi connectivity index (χ2v) is 4.49. The molecule has 1 aliphatic rings. The van der Waals surface area contributed by atoms with Crippen LogP contribution in [0, 0.1) is 11.3 Å². The molecule has 0 saturated carbocycles. The van der Waals surface area contributed by atoms with Gasteiger partial charge >= 0.3 is 5.69 Å². The van der Waals surface area contributed by atoms with Gasteiger partial charge in [0.15, 0.2) is 0 Å². The first-order valence-corrected chi connectivity index (χ1v) is 6.13. The van der Waals surface area contributed by atoms with Gasteiger partial charge in [0, 0.05) is 18.8 Å².